The van der Waals surface area contributed by atoms with E-state index in [1.165, 1.54) is 0 Å². The van der Waals surface area contributed by atoms with Crippen LogP contribution in [0.25, 0.3) is 33.5 Å². The lowest BCUT2D eigenvalue weighted by Gasteiger charge is -2.38. The highest BCUT2D eigenvalue weighted by Crippen LogP contribution is 2.38. The number of hydrogen-bond donors (Lipinski definition) is 2. The van der Waals surface area contributed by atoms with Gasteiger partial charge in [-0.2, -0.15) is 0 Å². The standard InChI is InChI=1S/C30H33N7O2/c1-18-14-21(6-7-24(18)38-4)26-19(2)34-29(36-26)30(3)9-12-37(13-10-30)28-22-16-23(35-27(22)32-17-33-28)20-8-11-31-25(15-20)39-5/h6-8,11,14-17H,9-10,12-13H2,1-5H3,(H,34,36)(H,32,33,35). The Hall–Kier alpha value is -4.40. The molecule has 0 atom stereocenters. The number of aromatic nitrogens is 6. The number of nitrogens with zero attached hydrogens (tertiary/aromatic N) is 5. The third-order valence-corrected chi connectivity index (χ3v) is 7.97. The van der Waals surface area contributed by atoms with Gasteiger partial charge in [-0.3, -0.25) is 0 Å². The number of imidazole rings is 1. The van der Waals surface area contributed by atoms with E-state index in [2.05, 4.69) is 63.8 Å². The molecule has 0 radical (unpaired) electrons. The number of hydrogen-bond acceptors (Lipinski definition) is 7. The summed E-state index contributed by atoms with van der Waals surface area (Å²) in [6, 6.07) is 12.3. The van der Waals surface area contributed by atoms with Crippen LogP contribution in [-0.4, -0.2) is 57.2 Å². The summed E-state index contributed by atoms with van der Waals surface area (Å²) in [6.45, 7) is 8.21. The van der Waals surface area contributed by atoms with Crippen molar-refractivity contribution in [2.45, 2.75) is 39.0 Å². The molecule has 0 unspecified atom stereocenters. The largest absolute Gasteiger partial charge is 0.496 e. The molecule has 0 amide bonds. The third kappa shape index (κ3) is 4.47. The van der Waals surface area contributed by atoms with Gasteiger partial charge in [0.05, 0.1) is 31.0 Å². The second-order valence-electron chi connectivity index (χ2n) is 10.5. The Labute approximate surface area is 227 Å². The van der Waals surface area contributed by atoms with Gasteiger partial charge in [-0.25, -0.2) is 19.9 Å². The molecule has 0 bridgehead atoms. The molecule has 9 heteroatoms. The number of benzene rings is 1. The molecule has 0 aliphatic carbocycles. The fourth-order valence-electron chi connectivity index (χ4n) is 5.53. The number of anilines is 1. The topological polar surface area (TPSA) is 105 Å². The van der Waals surface area contributed by atoms with Crippen LogP contribution in [0.15, 0.2) is 48.9 Å². The highest BCUT2D eigenvalue weighted by molar-refractivity contribution is 5.92. The highest BCUT2D eigenvalue weighted by atomic mass is 16.5. The number of piperidine rings is 1. The summed E-state index contributed by atoms with van der Waals surface area (Å²) >= 11 is 0. The normalized spacial score (nSPS) is 15.1. The van der Waals surface area contributed by atoms with Crippen molar-refractivity contribution in [2.24, 2.45) is 0 Å². The fraction of sp³-hybridized carbons (Fsp3) is 0.333. The summed E-state index contributed by atoms with van der Waals surface area (Å²) < 4.78 is 10.7. The van der Waals surface area contributed by atoms with E-state index < -0.39 is 0 Å². The highest BCUT2D eigenvalue weighted by Gasteiger charge is 2.36. The molecule has 0 saturated carbocycles. The van der Waals surface area contributed by atoms with Gasteiger partial charge in [0.25, 0.3) is 0 Å². The summed E-state index contributed by atoms with van der Waals surface area (Å²) in [6.07, 6.45) is 5.31. The van der Waals surface area contributed by atoms with Crippen molar-refractivity contribution in [3.63, 3.8) is 0 Å². The molecule has 5 heterocycles. The average Bonchev–Trinajstić information content (AvgIpc) is 3.58. The molecule has 1 fully saturated rings. The molecule has 1 saturated heterocycles. The quantitative estimate of drug-likeness (QED) is 0.298. The Morgan fingerprint density at radius 1 is 0.897 bits per heavy atom. The molecular weight excluding hydrogens is 490 g/mol. The van der Waals surface area contributed by atoms with Crippen LogP contribution in [-0.2, 0) is 5.41 Å². The molecule has 1 aromatic carbocycles. The minimum Gasteiger partial charge on any atom is -0.496 e. The van der Waals surface area contributed by atoms with Crippen LogP contribution in [0, 0.1) is 13.8 Å². The fourth-order valence-corrected chi connectivity index (χ4v) is 5.53. The van der Waals surface area contributed by atoms with Gasteiger partial charge in [0.1, 0.15) is 29.4 Å². The molecule has 39 heavy (non-hydrogen) atoms. The average molecular weight is 524 g/mol. The third-order valence-electron chi connectivity index (χ3n) is 7.97. The van der Waals surface area contributed by atoms with Crippen molar-refractivity contribution in [3.8, 4) is 34.1 Å². The number of methoxy groups -OCH3 is 2. The Bertz CT molecular complexity index is 1650. The van der Waals surface area contributed by atoms with Crippen molar-refractivity contribution >= 4 is 16.9 Å². The monoisotopic (exact) mass is 523 g/mol. The zero-order valence-corrected chi connectivity index (χ0v) is 23.0. The van der Waals surface area contributed by atoms with Gasteiger partial charge in [0, 0.05) is 47.6 Å². The molecule has 6 rings (SSSR count). The van der Waals surface area contributed by atoms with E-state index in [1.54, 1.807) is 26.7 Å². The van der Waals surface area contributed by atoms with Crippen LogP contribution in [0.3, 0.4) is 0 Å². The van der Waals surface area contributed by atoms with Gasteiger partial charge in [-0.05, 0) is 62.6 Å². The Morgan fingerprint density at radius 2 is 1.72 bits per heavy atom. The molecule has 5 aromatic rings. The maximum atomic E-state index is 5.44. The van der Waals surface area contributed by atoms with Crippen LogP contribution in [0.4, 0.5) is 5.82 Å². The summed E-state index contributed by atoms with van der Waals surface area (Å²) in [7, 11) is 3.32. The first-order chi connectivity index (χ1) is 18.9. The van der Waals surface area contributed by atoms with Crippen molar-refractivity contribution in [1.82, 2.24) is 29.9 Å². The number of aromatic amines is 2. The maximum absolute atomic E-state index is 5.44. The van der Waals surface area contributed by atoms with E-state index in [-0.39, 0.29) is 5.41 Å². The lowest BCUT2D eigenvalue weighted by atomic mass is 9.79. The van der Waals surface area contributed by atoms with Crippen LogP contribution < -0.4 is 14.4 Å². The summed E-state index contributed by atoms with van der Waals surface area (Å²) in [4.78, 5) is 27.9. The first-order valence-corrected chi connectivity index (χ1v) is 13.2. The van der Waals surface area contributed by atoms with Gasteiger partial charge in [0.2, 0.25) is 5.88 Å². The summed E-state index contributed by atoms with van der Waals surface area (Å²) in [5.41, 5.74) is 7.05. The smallest absolute Gasteiger partial charge is 0.213 e. The number of fused-ring (bicyclic) bond motifs is 1. The van der Waals surface area contributed by atoms with E-state index in [1.807, 2.05) is 18.2 Å². The number of H-pyrrole nitrogens is 2. The van der Waals surface area contributed by atoms with Gasteiger partial charge >= 0.3 is 0 Å². The zero-order chi connectivity index (χ0) is 27.1. The molecular formula is C30H33N7O2. The lowest BCUT2D eigenvalue weighted by molar-refractivity contribution is 0.345. The zero-order valence-electron chi connectivity index (χ0n) is 23.0. The number of pyridine rings is 1. The summed E-state index contributed by atoms with van der Waals surface area (Å²) in [5, 5.41) is 1.01. The molecule has 9 nitrogen and oxygen atoms in total. The van der Waals surface area contributed by atoms with Crippen LogP contribution in [0.1, 0.15) is 36.8 Å². The Kier molecular flexibility index (Phi) is 6.21. The van der Waals surface area contributed by atoms with E-state index >= 15 is 0 Å². The van der Waals surface area contributed by atoms with Gasteiger partial charge in [-0.15, -0.1) is 0 Å². The van der Waals surface area contributed by atoms with Crippen molar-refractivity contribution < 1.29 is 9.47 Å². The minimum atomic E-state index is -0.0515. The van der Waals surface area contributed by atoms with Gasteiger partial charge in [-0.1, -0.05) is 6.92 Å². The number of ether oxygens (including phenoxy) is 2. The molecule has 1 aliphatic heterocycles. The molecule has 0 spiro atoms. The van der Waals surface area contributed by atoms with E-state index in [0.29, 0.717) is 5.88 Å². The molecule has 200 valence electrons. The van der Waals surface area contributed by atoms with E-state index in [4.69, 9.17) is 19.4 Å². The van der Waals surface area contributed by atoms with Gasteiger partial charge in [0.15, 0.2) is 0 Å². The maximum Gasteiger partial charge on any atom is 0.213 e. The van der Waals surface area contributed by atoms with Gasteiger partial charge < -0.3 is 24.3 Å². The second-order valence-corrected chi connectivity index (χ2v) is 10.5. The van der Waals surface area contributed by atoms with Crippen LogP contribution >= 0.6 is 0 Å². The summed E-state index contributed by atoms with van der Waals surface area (Å²) in [5.74, 6) is 3.47. The van der Waals surface area contributed by atoms with Crippen molar-refractivity contribution in [3.05, 3.63) is 66.0 Å². The molecule has 2 N–H and O–H groups in total. The number of aryl methyl sites for hydroxylation is 2. The Morgan fingerprint density at radius 3 is 2.46 bits per heavy atom. The number of rotatable bonds is 6. The van der Waals surface area contributed by atoms with E-state index in [9.17, 15) is 0 Å². The van der Waals surface area contributed by atoms with Crippen LogP contribution in [0.5, 0.6) is 11.6 Å². The van der Waals surface area contributed by atoms with Crippen molar-refractivity contribution in [2.75, 3.05) is 32.2 Å². The molecule has 4 aromatic heterocycles. The lowest BCUT2D eigenvalue weighted by Crippen LogP contribution is -2.42. The predicted octanol–water partition coefficient (Wildman–Crippen LogP) is 5.60. The number of nitrogens with one attached hydrogen (secondary N) is 2. The van der Waals surface area contributed by atoms with Crippen molar-refractivity contribution in [1.29, 1.82) is 0 Å². The van der Waals surface area contributed by atoms with Crippen LogP contribution in [0.2, 0.25) is 0 Å². The first-order valence-electron chi connectivity index (χ1n) is 13.2. The predicted molar refractivity (Wildman–Crippen MR) is 153 cm³/mol. The first kappa shape index (κ1) is 24.9. The molecule has 1 aliphatic rings. The van der Waals surface area contributed by atoms with E-state index in [0.717, 1.165) is 88.1 Å². The second kappa shape index (κ2) is 9.72. The Balaban J connectivity index is 1.24. The SMILES string of the molecule is COc1cc(-c2cc3c(N4CCC(C)(c5nc(C)c(-c6ccc(OC)c(C)c6)[nH]5)CC4)ncnc3[nH]2)ccn1. The minimum absolute atomic E-state index is 0.0515.